The second kappa shape index (κ2) is 13.7. The number of nitrogen functional groups attached to an aromatic ring is 1. The third-order valence-corrected chi connectivity index (χ3v) is 7.62. The number of ketones is 1. The number of rotatable bonds is 10. The predicted octanol–water partition coefficient (Wildman–Crippen LogP) is 2.73. The second-order valence-electron chi connectivity index (χ2n) is 10.7. The first kappa shape index (κ1) is 32.6. The fourth-order valence-corrected chi connectivity index (χ4v) is 5.34. The minimum absolute atomic E-state index is 0.0450. The zero-order valence-electron chi connectivity index (χ0n) is 25.5. The van der Waals surface area contributed by atoms with Gasteiger partial charge in [0.1, 0.15) is 17.3 Å². The van der Waals surface area contributed by atoms with Gasteiger partial charge in [0.2, 0.25) is 11.4 Å². The van der Waals surface area contributed by atoms with Gasteiger partial charge in [-0.3, -0.25) is 18.8 Å². The number of hydrogen-bond donors (Lipinski definition) is 1. The molecule has 15 heteroatoms. The Labute approximate surface area is 269 Å². The number of hydrogen-bond acceptors (Lipinski definition) is 12. The molecule has 0 aliphatic carbocycles. The highest BCUT2D eigenvalue weighted by atomic mass is 35.5. The summed E-state index contributed by atoms with van der Waals surface area (Å²) in [6.07, 6.45) is -1.53. The van der Waals surface area contributed by atoms with E-state index in [1.165, 1.54) is 24.7 Å². The van der Waals surface area contributed by atoms with Crippen LogP contribution in [0.5, 0.6) is 0 Å². The van der Waals surface area contributed by atoms with Crippen LogP contribution in [0.1, 0.15) is 45.2 Å². The SMILES string of the molecule is CCOC(=O)C(OC[C@H]1O[C@@H](n2cnc3c(N)nc(Cl)nc32)[C@H](OC(C)=O)[C@@]1(C)C#Cc1ccnn1Cc1ccccc1)C(C)=O. The van der Waals surface area contributed by atoms with E-state index in [9.17, 15) is 14.4 Å². The number of ether oxygens (including phenoxy) is 4. The van der Waals surface area contributed by atoms with Crippen LogP contribution in [0.2, 0.25) is 5.28 Å². The molecule has 240 valence electrons. The summed E-state index contributed by atoms with van der Waals surface area (Å²) in [5.74, 6) is 4.48. The van der Waals surface area contributed by atoms with E-state index in [0.29, 0.717) is 12.2 Å². The average molecular weight is 650 g/mol. The first-order chi connectivity index (χ1) is 22.0. The van der Waals surface area contributed by atoms with Crippen LogP contribution in [0.25, 0.3) is 11.2 Å². The standard InChI is InChI=1S/C31H32ClN7O7/c1-5-43-29(42)24(18(2)40)44-16-22-31(4,13-11-21-12-14-35-39(21)15-20-9-7-6-8-10-20)25(45-19(3)41)28(46-22)38-17-34-23-26(33)36-30(32)37-27(23)38/h6-10,12,14,17,22,24-25,28H,5,15-16H2,1-4H3,(H2,33,36,37)/t22-,24?,25+,28-,31+/m1/s1. The quantitative estimate of drug-likeness (QED) is 0.115. The minimum Gasteiger partial charge on any atom is -0.464 e. The lowest BCUT2D eigenvalue weighted by Gasteiger charge is -2.30. The number of fused-ring (bicyclic) bond motifs is 1. The van der Waals surface area contributed by atoms with Crippen LogP contribution in [0.3, 0.4) is 0 Å². The van der Waals surface area contributed by atoms with Gasteiger partial charge in [0.25, 0.3) is 0 Å². The minimum atomic E-state index is -1.50. The topological polar surface area (TPSA) is 176 Å². The van der Waals surface area contributed by atoms with E-state index in [1.807, 2.05) is 30.3 Å². The molecule has 0 amide bonds. The molecule has 46 heavy (non-hydrogen) atoms. The van der Waals surface area contributed by atoms with Gasteiger partial charge in [-0.05, 0) is 49.9 Å². The van der Waals surface area contributed by atoms with Crippen LogP contribution in [0.4, 0.5) is 5.82 Å². The molecule has 0 bridgehead atoms. The Morgan fingerprint density at radius 3 is 2.63 bits per heavy atom. The van der Waals surface area contributed by atoms with E-state index in [4.69, 9.17) is 36.3 Å². The van der Waals surface area contributed by atoms with Crippen LogP contribution >= 0.6 is 11.6 Å². The van der Waals surface area contributed by atoms with Crippen molar-refractivity contribution in [1.29, 1.82) is 0 Å². The first-order valence-corrected chi connectivity index (χ1v) is 14.8. The van der Waals surface area contributed by atoms with Crippen LogP contribution in [-0.2, 0) is 39.9 Å². The van der Waals surface area contributed by atoms with E-state index >= 15 is 0 Å². The Bertz CT molecular complexity index is 1820. The molecule has 4 heterocycles. The van der Waals surface area contributed by atoms with Gasteiger partial charge in [-0.1, -0.05) is 36.3 Å². The van der Waals surface area contributed by atoms with E-state index in [0.717, 1.165) is 5.56 Å². The first-order valence-electron chi connectivity index (χ1n) is 14.4. The van der Waals surface area contributed by atoms with Crippen LogP contribution < -0.4 is 5.73 Å². The molecule has 14 nitrogen and oxygen atoms in total. The van der Waals surface area contributed by atoms with Gasteiger partial charge in [0.15, 0.2) is 29.6 Å². The monoisotopic (exact) mass is 649 g/mol. The molecule has 1 fully saturated rings. The fourth-order valence-electron chi connectivity index (χ4n) is 5.17. The van der Waals surface area contributed by atoms with Crippen LogP contribution in [-0.4, -0.2) is 78.5 Å². The number of nitrogens with zero attached hydrogens (tertiary/aromatic N) is 6. The number of anilines is 1. The van der Waals surface area contributed by atoms with Gasteiger partial charge in [-0.2, -0.15) is 15.1 Å². The van der Waals surface area contributed by atoms with Gasteiger partial charge in [0.05, 0.1) is 37.7 Å². The lowest BCUT2D eigenvalue weighted by atomic mass is 9.80. The lowest BCUT2D eigenvalue weighted by Crippen LogP contribution is -2.43. The van der Waals surface area contributed by atoms with Gasteiger partial charge in [0, 0.05) is 6.92 Å². The lowest BCUT2D eigenvalue weighted by molar-refractivity contribution is -0.164. The van der Waals surface area contributed by atoms with Crippen molar-refractivity contribution in [2.45, 2.75) is 58.8 Å². The van der Waals surface area contributed by atoms with Crippen molar-refractivity contribution in [1.82, 2.24) is 29.3 Å². The number of benzene rings is 1. The maximum atomic E-state index is 12.5. The largest absolute Gasteiger partial charge is 0.464 e. The van der Waals surface area contributed by atoms with Gasteiger partial charge < -0.3 is 24.7 Å². The summed E-state index contributed by atoms with van der Waals surface area (Å²) >= 11 is 6.12. The highest BCUT2D eigenvalue weighted by Crippen LogP contribution is 2.46. The van der Waals surface area contributed by atoms with E-state index in [-0.39, 0.29) is 35.5 Å². The number of aromatic nitrogens is 6. The summed E-state index contributed by atoms with van der Waals surface area (Å²) in [5, 5.41) is 4.30. The maximum absolute atomic E-state index is 12.5. The summed E-state index contributed by atoms with van der Waals surface area (Å²) in [6, 6.07) is 11.5. The van der Waals surface area contributed by atoms with Crippen molar-refractivity contribution >= 4 is 46.3 Å². The van der Waals surface area contributed by atoms with E-state index in [2.05, 4.69) is 31.9 Å². The molecular weight excluding hydrogens is 618 g/mol. The Kier molecular flexibility index (Phi) is 9.66. The number of halogens is 1. The predicted molar refractivity (Wildman–Crippen MR) is 164 cm³/mol. The number of esters is 2. The highest BCUT2D eigenvalue weighted by molar-refractivity contribution is 6.28. The van der Waals surface area contributed by atoms with E-state index in [1.54, 1.807) is 30.8 Å². The summed E-state index contributed by atoms with van der Waals surface area (Å²) < 4.78 is 26.5. The summed E-state index contributed by atoms with van der Waals surface area (Å²) in [4.78, 5) is 49.9. The van der Waals surface area contributed by atoms with Crippen molar-refractivity contribution in [3.8, 4) is 11.8 Å². The van der Waals surface area contributed by atoms with Gasteiger partial charge in [-0.25, -0.2) is 9.78 Å². The van der Waals surface area contributed by atoms with E-state index < -0.39 is 47.7 Å². The third kappa shape index (κ3) is 6.71. The Morgan fingerprint density at radius 1 is 1.17 bits per heavy atom. The second-order valence-corrected chi connectivity index (χ2v) is 11.1. The number of imidazole rings is 1. The van der Waals surface area contributed by atoms with Crippen molar-refractivity contribution < 1.29 is 33.3 Å². The normalized spacial score (nSPS) is 21.4. The summed E-state index contributed by atoms with van der Waals surface area (Å²) in [6.45, 7) is 6.08. The summed E-state index contributed by atoms with van der Waals surface area (Å²) in [7, 11) is 0. The number of carbonyl (C=O) groups is 3. The molecule has 1 aromatic carbocycles. The Hall–Kier alpha value is -4.84. The molecule has 1 unspecified atom stereocenters. The molecule has 0 spiro atoms. The molecule has 4 aromatic rings. The Morgan fingerprint density at radius 2 is 1.93 bits per heavy atom. The zero-order valence-corrected chi connectivity index (χ0v) is 26.3. The zero-order chi connectivity index (χ0) is 33.0. The molecule has 5 rings (SSSR count). The van der Waals surface area contributed by atoms with Gasteiger partial charge >= 0.3 is 11.9 Å². The van der Waals surface area contributed by atoms with Crippen LogP contribution in [0, 0.1) is 17.3 Å². The molecule has 0 saturated carbocycles. The smallest absolute Gasteiger partial charge is 0.343 e. The van der Waals surface area contributed by atoms with Crippen molar-refractivity contribution in [3.05, 3.63) is 65.5 Å². The number of nitrogens with two attached hydrogens (primary N) is 1. The molecule has 0 radical (unpaired) electrons. The molecule has 5 atom stereocenters. The van der Waals surface area contributed by atoms with Crippen molar-refractivity contribution in [2.75, 3.05) is 18.9 Å². The molecule has 1 aliphatic heterocycles. The maximum Gasteiger partial charge on any atom is 0.343 e. The molecule has 2 N–H and O–H groups in total. The molecular formula is C31H32ClN7O7. The fraction of sp³-hybridized carbons (Fsp3) is 0.387. The van der Waals surface area contributed by atoms with Crippen molar-refractivity contribution in [3.63, 3.8) is 0 Å². The number of carbonyl (C=O) groups excluding carboxylic acids is 3. The van der Waals surface area contributed by atoms with Gasteiger partial charge in [-0.15, -0.1) is 0 Å². The van der Waals surface area contributed by atoms with Crippen molar-refractivity contribution in [2.24, 2.45) is 5.41 Å². The molecule has 1 aliphatic rings. The highest BCUT2D eigenvalue weighted by Gasteiger charge is 2.57. The number of Topliss-reactive ketones (excluding diaryl/α,β-unsaturated/α-hetero) is 1. The van der Waals surface area contributed by atoms with Crippen LogP contribution in [0.15, 0.2) is 48.9 Å². The summed E-state index contributed by atoms with van der Waals surface area (Å²) in [5.41, 5.74) is 6.84. The Balaban J connectivity index is 1.57. The average Bonchev–Trinajstić information content (AvgIpc) is 3.70. The molecule has 1 saturated heterocycles. The molecule has 3 aromatic heterocycles. The third-order valence-electron chi connectivity index (χ3n) is 7.45.